The molecule has 1 heterocycles. The average molecular weight is 232 g/mol. The van der Waals surface area contributed by atoms with Gasteiger partial charge in [-0.2, -0.15) is 0 Å². The summed E-state index contributed by atoms with van der Waals surface area (Å²) in [4.78, 5) is 0. The molecule has 2 nitrogen and oxygen atoms in total. The molecule has 84 valence electrons. The summed E-state index contributed by atoms with van der Waals surface area (Å²) in [5.41, 5.74) is 3.52. The largest absolute Gasteiger partial charge is 0.297 e. The van der Waals surface area contributed by atoms with E-state index in [0.29, 0.717) is 5.92 Å². The van der Waals surface area contributed by atoms with Crippen molar-refractivity contribution >= 4 is 12.2 Å². The molecule has 2 aromatic rings. The first-order valence-corrected chi connectivity index (χ1v) is 5.88. The summed E-state index contributed by atoms with van der Waals surface area (Å²) >= 11 is 5.37. The van der Waals surface area contributed by atoms with Crippen molar-refractivity contribution in [2.75, 3.05) is 0 Å². The maximum atomic E-state index is 5.37. The van der Waals surface area contributed by atoms with Crippen LogP contribution in [0.3, 0.4) is 0 Å². The zero-order valence-corrected chi connectivity index (χ0v) is 10.6. The van der Waals surface area contributed by atoms with E-state index in [1.54, 1.807) is 0 Å². The van der Waals surface area contributed by atoms with Crippen LogP contribution in [-0.4, -0.2) is 9.78 Å². The Labute approximate surface area is 101 Å². The molecule has 0 amide bonds. The van der Waals surface area contributed by atoms with E-state index in [2.05, 4.69) is 38.0 Å². The van der Waals surface area contributed by atoms with E-state index in [-0.39, 0.29) is 0 Å². The predicted molar refractivity (Wildman–Crippen MR) is 69.8 cm³/mol. The molecule has 0 fully saturated rings. The van der Waals surface area contributed by atoms with Crippen LogP contribution in [0.2, 0.25) is 0 Å². The number of H-pyrrole nitrogens is 1. The van der Waals surface area contributed by atoms with Gasteiger partial charge in [-0.1, -0.05) is 44.3 Å². The minimum atomic E-state index is 0.465. The lowest BCUT2D eigenvalue weighted by Crippen LogP contribution is -2.00. The van der Waals surface area contributed by atoms with Crippen molar-refractivity contribution < 1.29 is 0 Å². The SMILES string of the molecule is Cc1ccccc1-n1[nH]c(C(C)C)cc1=S. The topological polar surface area (TPSA) is 20.7 Å². The van der Waals surface area contributed by atoms with Crippen LogP contribution in [0, 0.1) is 11.6 Å². The van der Waals surface area contributed by atoms with Crippen LogP contribution in [0.25, 0.3) is 5.69 Å². The molecule has 0 spiro atoms. The maximum absolute atomic E-state index is 5.37. The van der Waals surface area contributed by atoms with Crippen LogP contribution in [0.1, 0.15) is 31.0 Å². The van der Waals surface area contributed by atoms with Crippen molar-refractivity contribution in [1.29, 1.82) is 0 Å². The van der Waals surface area contributed by atoms with Crippen LogP contribution in [-0.2, 0) is 0 Å². The van der Waals surface area contributed by atoms with Gasteiger partial charge in [-0.15, -0.1) is 0 Å². The van der Waals surface area contributed by atoms with E-state index in [4.69, 9.17) is 12.2 Å². The Bertz CT molecular complexity index is 549. The highest BCUT2D eigenvalue weighted by molar-refractivity contribution is 7.71. The number of aromatic nitrogens is 2. The molecule has 0 radical (unpaired) electrons. The van der Waals surface area contributed by atoms with Crippen LogP contribution in [0.5, 0.6) is 0 Å². The molecule has 0 saturated carbocycles. The summed E-state index contributed by atoms with van der Waals surface area (Å²) in [5.74, 6) is 0.465. The molecule has 0 atom stereocenters. The molecular weight excluding hydrogens is 216 g/mol. The molecular formula is C13H16N2S. The first-order chi connectivity index (χ1) is 7.59. The quantitative estimate of drug-likeness (QED) is 0.777. The molecule has 0 aliphatic carbocycles. The van der Waals surface area contributed by atoms with Gasteiger partial charge in [0.05, 0.1) is 5.69 Å². The standard InChI is InChI=1S/C13H16N2S/c1-9(2)11-8-13(16)15(14-11)12-7-5-4-6-10(12)3/h4-9,14H,1-3H3. The Hall–Kier alpha value is -1.35. The van der Waals surface area contributed by atoms with Gasteiger partial charge in [-0.25, -0.2) is 4.68 Å². The minimum absolute atomic E-state index is 0.465. The zero-order valence-electron chi connectivity index (χ0n) is 9.82. The fraction of sp³-hybridized carbons (Fsp3) is 0.308. The Kier molecular flexibility index (Phi) is 2.97. The van der Waals surface area contributed by atoms with Gasteiger partial charge in [0.2, 0.25) is 0 Å². The van der Waals surface area contributed by atoms with E-state index in [9.17, 15) is 0 Å². The molecule has 1 N–H and O–H groups in total. The summed E-state index contributed by atoms with van der Waals surface area (Å²) in [6.45, 7) is 6.40. The molecule has 3 heteroatoms. The monoisotopic (exact) mass is 232 g/mol. The summed E-state index contributed by atoms with van der Waals surface area (Å²) in [7, 11) is 0. The Morgan fingerprint density at radius 3 is 2.50 bits per heavy atom. The Morgan fingerprint density at radius 2 is 1.94 bits per heavy atom. The molecule has 1 aromatic carbocycles. The highest BCUT2D eigenvalue weighted by Gasteiger charge is 2.06. The molecule has 1 aromatic heterocycles. The van der Waals surface area contributed by atoms with Crippen molar-refractivity contribution in [2.24, 2.45) is 0 Å². The van der Waals surface area contributed by atoms with Gasteiger partial charge < -0.3 is 0 Å². The van der Waals surface area contributed by atoms with Gasteiger partial charge in [0.15, 0.2) is 0 Å². The highest BCUT2D eigenvalue weighted by Crippen LogP contribution is 2.17. The molecule has 0 saturated heterocycles. The third-order valence-corrected chi connectivity index (χ3v) is 3.02. The number of nitrogens with one attached hydrogen (secondary N) is 1. The second kappa shape index (κ2) is 4.26. The molecule has 0 unspecified atom stereocenters. The van der Waals surface area contributed by atoms with E-state index >= 15 is 0 Å². The third kappa shape index (κ3) is 1.95. The van der Waals surface area contributed by atoms with Gasteiger partial charge in [0.1, 0.15) is 4.64 Å². The number of nitrogens with zero attached hydrogens (tertiary/aromatic N) is 1. The van der Waals surface area contributed by atoms with Gasteiger partial charge in [0.25, 0.3) is 0 Å². The predicted octanol–water partition coefficient (Wildman–Crippen LogP) is 3.97. The van der Waals surface area contributed by atoms with Gasteiger partial charge in [-0.05, 0) is 30.5 Å². The van der Waals surface area contributed by atoms with Crippen molar-refractivity contribution in [3.8, 4) is 5.69 Å². The molecule has 0 bridgehead atoms. The molecule has 0 aliphatic rings. The van der Waals surface area contributed by atoms with Gasteiger partial charge >= 0.3 is 0 Å². The summed E-state index contributed by atoms with van der Waals surface area (Å²) in [6.07, 6.45) is 0. The smallest absolute Gasteiger partial charge is 0.127 e. The minimum Gasteiger partial charge on any atom is -0.297 e. The van der Waals surface area contributed by atoms with Crippen LogP contribution >= 0.6 is 12.2 Å². The molecule has 2 rings (SSSR count). The van der Waals surface area contributed by atoms with Gasteiger partial charge in [-0.3, -0.25) is 5.10 Å². The summed E-state index contributed by atoms with van der Waals surface area (Å²) in [5, 5.41) is 3.35. The fourth-order valence-electron chi connectivity index (χ4n) is 1.70. The Balaban J connectivity index is 2.57. The normalized spacial score (nSPS) is 11.0. The van der Waals surface area contributed by atoms with E-state index in [1.165, 1.54) is 11.3 Å². The lowest BCUT2D eigenvalue weighted by Gasteiger charge is -2.07. The molecule has 0 aliphatic heterocycles. The number of para-hydroxylation sites is 1. The number of benzene rings is 1. The van der Waals surface area contributed by atoms with Crippen molar-refractivity contribution in [2.45, 2.75) is 26.7 Å². The van der Waals surface area contributed by atoms with Crippen molar-refractivity contribution in [3.05, 3.63) is 46.2 Å². The summed E-state index contributed by atoms with van der Waals surface area (Å²) in [6, 6.07) is 10.3. The second-order valence-corrected chi connectivity index (χ2v) is 4.74. The number of aromatic amines is 1. The number of hydrogen-bond donors (Lipinski definition) is 1. The third-order valence-electron chi connectivity index (χ3n) is 2.72. The van der Waals surface area contributed by atoms with E-state index < -0.39 is 0 Å². The van der Waals surface area contributed by atoms with E-state index in [1.807, 2.05) is 22.9 Å². The zero-order chi connectivity index (χ0) is 11.7. The van der Waals surface area contributed by atoms with E-state index in [0.717, 1.165) is 10.3 Å². The van der Waals surface area contributed by atoms with Crippen molar-refractivity contribution in [1.82, 2.24) is 9.78 Å². The maximum Gasteiger partial charge on any atom is 0.127 e. The number of rotatable bonds is 2. The van der Waals surface area contributed by atoms with Crippen LogP contribution < -0.4 is 0 Å². The Morgan fingerprint density at radius 1 is 1.25 bits per heavy atom. The van der Waals surface area contributed by atoms with Crippen molar-refractivity contribution in [3.63, 3.8) is 0 Å². The summed E-state index contributed by atoms with van der Waals surface area (Å²) < 4.78 is 2.80. The second-order valence-electron chi connectivity index (χ2n) is 4.33. The van der Waals surface area contributed by atoms with Crippen LogP contribution in [0.15, 0.2) is 30.3 Å². The van der Waals surface area contributed by atoms with Gasteiger partial charge in [0, 0.05) is 5.69 Å². The molecule has 16 heavy (non-hydrogen) atoms. The van der Waals surface area contributed by atoms with Crippen LogP contribution in [0.4, 0.5) is 0 Å². The highest BCUT2D eigenvalue weighted by atomic mass is 32.1. The fourth-order valence-corrected chi connectivity index (χ4v) is 1.97. The lowest BCUT2D eigenvalue weighted by atomic mass is 10.1. The number of hydrogen-bond acceptors (Lipinski definition) is 1. The first kappa shape index (κ1) is 11.1. The number of aryl methyl sites for hydroxylation is 1. The average Bonchev–Trinajstić information content (AvgIpc) is 2.61. The lowest BCUT2D eigenvalue weighted by molar-refractivity contribution is 0.763. The first-order valence-electron chi connectivity index (χ1n) is 5.47.